The van der Waals surface area contributed by atoms with Crippen molar-refractivity contribution in [2.45, 2.75) is 12.8 Å². The van der Waals surface area contributed by atoms with Gasteiger partial charge in [0.05, 0.1) is 54.7 Å². The quantitative estimate of drug-likeness (QED) is 0.380. The molecule has 1 unspecified atom stereocenters. The number of rotatable bonds is 4. The number of methoxy groups -OCH3 is 2. The Labute approximate surface area is 223 Å². The van der Waals surface area contributed by atoms with Crippen LogP contribution in [0.1, 0.15) is 22.6 Å². The van der Waals surface area contributed by atoms with Gasteiger partial charge in [0.15, 0.2) is 0 Å². The first kappa shape index (κ1) is 25.5. The summed E-state index contributed by atoms with van der Waals surface area (Å²) in [5, 5.41) is 19.6. The molecule has 3 rings (SSSR count). The van der Waals surface area contributed by atoms with E-state index in [1.807, 2.05) is 22.6 Å². The van der Waals surface area contributed by atoms with Crippen LogP contribution in [0.2, 0.25) is 0 Å². The average molecular weight is 680 g/mol. The lowest BCUT2D eigenvalue weighted by atomic mass is 9.81. The number of anilines is 1. The van der Waals surface area contributed by atoms with Crippen LogP contribution >= 0.6 is 45.2 Å². The molecule has 0 saturated carbocycles. The molecule has 1 aliphatic heterocycles. The van der Waals surface area contributed by atoms with Crippen LogP contribution in [0.5, 0.6) is 0 Å². The predicted molar refractivity (Wildman–Crippen MR) is 141 cm³/mol. The van der Waals surface area contributed by atoms with Crippen molar-refractivity contribution >= 4 is 62.8 Å². The maximum atomic E-state index is 13.2. The highest BCUT2D eigenvalue weighted by atomic mass is 127. The number of esters is 2. The van der Waals surface area contributed by atoms with Gasteiger partial charge < -0.3 is 15.2 Å². The molecule has 1 aliphatic rings. The van der Waals surface area contributed by atoms with Gasteiger partial charge in [-0.2, -0.15) is 10.5 Å². The number of carbonyl (C=O) groups excluding carboxylic acids is 2. The Balaban J connectivity index is 2.51. The smallest absolute Gasteiger partial charge is 0.355 e. The summed E-state index contributed by atoms with van der Waals surface area (Å²) >= 11 is 4.09. The van der Waals surface area contributed by atoms with Crippen LogP contribution in [0.4, 0.5) is 5.69 Å². The average Bonchev–Trinajstić information content (AvgIpc) is 2.85. The summed E-state index contributed by atoms with van der Waals surface area (Å²) in [4.78, 5) is 27.7. The van der Waals surface area contributed by atoms with E-state index in [1.165, 1.54) is 19.1 Å². The number of carbonyl (C=O) groups is 2. The molecule has 2 aromatic rings. The Hall–Kier alpha value is -3.10. The molecule has 2 N–H and O–H groups in total. The van der Waals surface area contributed by atoms with Gasteiger partial charge in [-0.25, -0.2) is 9.59 Å². The highest BCUT2D eigenvalue weighted by Gasteiger charge is 2.44. The summed E-state index contributed by atoms with van der Waals surface area (Å²) in [6.07, 6.45) is 0. The molecule has 1 atom stereocenters. The van der Waals surface area contributed by atoms with E-state index in [4.69, 9.17) is 15.2 Å². The van der Waals surface area contributed by atoms with Crippen molar-refractivity contribution in [2.24, 2.45) is 5.73 Å². The van der Waals surface area contributed by atoms with Crippen molar-refractivity contribution in [1.29, 1.82) is 10.5 Å². The van der Waals surface area contributed by atoms with Crippen LogP contribution in [0.3, 0.4) is 0 Å². The molecule has 0 saturated heterocycles. The van der Waals surface area contributed by atoms with Crippen molar-refractivity contribution in [3.8, 4) is 12.1 Å². The van der Waals surface area contributed by atoms with Gasteiger partial charge in [-0.1, -0.05) is 30.3 Å². The minimum absolute atomic E-state index is 0.0238. The zero-order valence-corrected chi connectivity index (χ0v) is 22.7. The molecule has 0 aromatic heterocycles. The second kappa shape index (κ2) is 10.4. The SMILES string of the molecule is COC(=O)C1=C(C(=O)OC)N(c2c(I)cc(C#N)c(C)c2I)C(N)=C(C#N)C1c1ccccc1. The third-order valence-electron chi connectivity index (χ3n) is 5.39. The van der Waals surface area contributed by atoms with Crippen LogP contribution in [0.25, 0.3) is 0 Å². The fraction of sp³-hybridized carbons (Fsp3) is 0.167. The molecule has 2 aromatic carbocycles. The van der Waals surface area contributed by atoms with Gasteiger partial charge in [-0.05, 0) is 69.3 Å². The number of allylic oxidation sites excluding steroid dienone is 1. The molecule has 0 fully saturated rings. The molecule has 0 bridgehead atoms. The molecular weight excluding hydrogens is 662 g/mol. The lowest BCUT2D eigenvalue weighted by Gasteiger charge is -2.37. The van der Waals surface area contributed by atoms with E-state index in [1.54, 1.807) is 43.3 Å². The number of nitrogens with zero attached hydrogens (tertiary/aromatic N) is 3. The third-order valence-corrected chi connectivity index (χ3v) is 7.54. The Morgan fingerprint density at radius 2 is 1.68 bits per heavy atom. The van der Waals surface area contributed by atoms with E-state index in [-0.39, 0.29) is 22.7 Å². The van der Waals surface area contributed by atoms with E-state index >= 15 is 0 Å². The minimum atomic E-state index is -0.946. The maximum Gasteiger partial charge on any atom is 0.355 e. The zero-order chi connectivity index (χ0) is 25.2. The van der Waals surface area contributed by atoms with Crippen molar-refractivity contribution in [1.82, 2.24) is 0 Å². The second-order valence-corrected chi connectivity index (χ2v) is 9.38. The summed E-state index contributed by atoms with van der Waals surface area (Å²) in [6.45, 7) is 1.77. The lowest BCUT2D eigenvalue weighted by molar-refractivity contribution is -0.139. The fourth-order valence-electron chi connectivity index (χ4n) is 3.77. The molecule has 0 spiro atoms. The molecule has 10 heteroatoms. The number of hydrogen-bond acceptors (Lipinski definition) is 8. The van der Waals surface area contributed by atoms with E-state index in [0.717, 1.165) is 0 Å². The zero-order valence-electron chi connectivity index (χ0n) is 18.3. The predicted octanol–water partition coefficient (Wildman–Crippen LogP) is 3.97. The van der Waals surface area contributed by atoms with Crippen molar-refractivity contribution in [3.05, 3.63) is 82.9 Å². The Kier molecular flexibility index (Phi) is 7.84. The van der Waals surface area contributed by atoms with E-state index in [9.17, 15) is 20.1 Å². The molecule has 0 radical (unpaired) electrons. The molecule has 172 valence electrons. The van der Waals surface area contributed by atoms with Crippen LogP contribution in [-0.2, 0) is 19.1 Å². The first-order valence-electron chi connectivity index (χ1n) is 9.77. The molecule has 8 nitrogen and oxygen atoms in total. The Morgan fingerprint density at radius 3 is 2.21 bits per heavy atom. The molecule has 0 aliphatic carbocycles. The van der Waals surface area contributed by atoms with Gasteiger partial charge in [0.2, 0.25) is 0 Å². The van der Waals surface area contributed by atoms with Gasteiger partial charge >= 0.3 is 11.9 Å². The number of nitriles is 2. The monoisotopic (exact) mass is 680 g/mol. The van der Waals surface area contributed by atoms with Crippen LogP contribution in [0.15, 0.2) is 59.1 Å². The number of benzene rings is 2. The van der Waals surface area contributed by atoms with E-state index < -0.39 is 17.9 Å². The summed E-state index contributed by atoms with van der Waals surface area (Å²) in [5.74, 6) is -2.59. The molecule has 0 amide bonds. The van der Waals surface area contributed by atoms with Crippen LogP contribution in [0, 0.1) is 36.7 Å². The Bertz CT molecular complexity index is 1340. The second-order valence-electron chi connectivity index (χ2n) is 7.14. The third kappa shape index (κ3) is 4.23. The first-order chi connectivity index (χ1) is 16.2. The molecular formula is C24H18I2N4O4. The summed E-state index contributed by atoms with van der Waals surface area (Å²) in [7, 11) is 2.39. The van der Waals surface area contributed by atoms with Crippen LogP contribution < -0.4 is 10.6 Å². The topological polar surface area (TPSA) is 129 Å². The van der Waals surface area contributed by atoms with Gasteiger partial charge in [0.1, 0.15) is 11.5 Å². The van der Waals surface area contributed by atoms with E-state index in [2.05, 4.69) is 34.7 Å². The van der Waals surface area contributed by atoms with Crippen molar-refractivity contribution in [2.75, 3.05) is 19.1 Å². The largest absolute Gasteiger partial charge is 0.466 e. The number of nitrogens with two attached hydrogens (primary N) is 1. The number of hydrogen-bond donors (Lipinski definition) is 1. The fourth-order valence-corrected chi connectivity index (χ4v) is 5.93. The van der Waals surface area contributed by atoms with E-state index in [0.29, 0.717) is 29.5 Å². The molecule has 1 heterocycles. The van der Waals surface area contributed by atoms with Gasteiger partial charge in [-0.3, -0.25) is 4.90 Å². The number of ether oxygens (including phenoxy) is 2. The minimum Gasteiger partial charge on any atom is -0.466 e. The Morgan fingerprint density at radius 1 is 1.06 bits per heavy atom. The van der Waals surface area contributed by atoms with Gasteiger partial charge in [-0.15, -0.1) is 0 Å². The highest BCUT2D eigenvalue weighted by Crippen LogP contribution is 2.45. The number of halogens is 2. The van der Waals surface area contributed by atoms with Crippen LogP contribution in [-0.4, -0.2) is 26.2 Å². The first-order valence-corrected chi connectivity index (χ1v) is 11.9. The van der Waals surface area contributed by atoms with Gasteiger partial charge in [0, 0.05) is 7.14 Å². The maximum absolute atomic E-state index is 13.2. The summed E-state index contributed by atoms with van der Waals surface area (Å²) in [6, 6.07) is 14.7. The summed E-state index contributed by atoms with van der Waals surface area (Å²) < 4.78 is 11.3. The van der Waals surface area contributed by atoms with Gasteiger partial charge in [0.25, 0.3) is 0 Å². The standard InChI is InChI=1S/C24H18I2N4O4/c1-12-14(10-27)9-16(25)20(19(12)26)30-21(24(32)34-3)18(23(31)33-2)17(15(11-28)22(30)29)13-7-5-4-6-8-13/h4-9,17H,29H2,1-3H3. The highest BCUT2D eigenvalue weighted by molar-refractivity contribution is 14.1. The lowest BCUT2D eigenvalue weighted by Crippen LogP contribution is -2.41. The summed E-state index contributed by atoms with van der Waals surface area (Å²) in [5.41, 5.74) is 8.57. The normalized spacial score (nSPS) is 15.5. The van der Waals surface area contributed by atoms with Crippen molar-refractivity contribution in [3.63, 3.8) is 0 Å². The van der Waals surface area contributed by atoms with Crippen molar-refractivity contribution < 1.29 is 19.1 Å². The molecule has 34 heavy (non-hydrogen) atoms.